The molecule has 0 bridgehead atoms. The number of aliphatic hydroxyl groups excluding tert-OH is 1. The van der Waals surface area contributed by atoms with Crippen molar-refractivity contribution in [3.63, 3.8) is 0 Å². The molecule has 3 unspecified atom stereocenters. The van der Waals surface area contributed by atoms with Gasteiger partial charge in [0.1, 0.15) is 19.3 Å². The SMILES string of the molecule is CCC(C)CCCCCCCCC(=O)OC[C@H](COP(=O)(O)OC[C@H](O)COP(=O)(O)OC[C@@H](COC(=O)CCCCCCCCCC(C)C)OC(=O)CCCCCCCCCCCCCCC(C)C)OC(=O)CCCCCCCCCCCCCCCCCC(C)C. The number of carbonyl (C=O) groups is 4. The summed E-state index contributed by atoms with van der Waals surface area (Å²) in [5, 5.41) is 10.6. The molecule has 0 heterocycles. The lowest BCUT2D eigenvalue weighted by molar-refractivity contribution is -0.161. The molecule has 0 amide bonds. The number of hydrogen-bond donors (Lipinski definition) is 3. The Morgan fingerprint density at radius 2 is 0.516 bits per heavy atom. The highest BCUT2D eigenvalue weighted by atomic mass is 31.2. The van der Waals surface area contributed by atoms with Crippen molar-refractivity contribution < 1.29 is 80.2 Å². The highest BCUT2D eigenvalue weighted by Crippen LogP contribution is 2.45. The highest BCUT2D eigenvalue weighted by molar-refractivity contribution is 7.47. The fourth-order valence-corrected chi connectivity index (χ4v) is 12.7. The topological polar surface area (TPSA) is 237 Å². The Morgan fingerprint density at radius 1 is 0.301 bits per heavy atom. The van der Waals surface area contributed by atoms with Crippen molar-refractivity contribution in [2.24, 2.45) is 23.7 Å². The Balaban J connectivity index is 5.22. The van der Waals surface area contributed by atoms with Gasteiger partial charge in [0.15, 0.2) is 12.2 Å². The van der Waals surface area contributed by atoms with E-state index in [4.69, 9.17) is 37.0 Å². The Labute approximate surface area is 568 Å². The minimum absolute atomic E-state index is 0.105. The summed E-state index contributed by atoms with van der Waals surface area (Å²) in [5.41, 5.74) is 0. The maximum absolute atomic E-state index is 13.0. The molecule has 0 aromatic carbocycles. The van der Waals surface area contributed by atoms with Gasteiger partial charge in [0.2, 0.25) is 0 Å². The van der Waals surface area contributed by atoms with E-state index in [1.807, 2.05) is 0 Å². The zero-order valence-corrected chi connectivity index (χ0v) is 62.7. The van der Waals surface area contributed by atoms with Crippen molar-refractivity contribution in [1.82, 2.24) is 0 Å². The van der Waals surface area contributed by atoms with Gasteiger partial charge in [0, 0.05) is 25.7 Å². The summed E-state index contributed by atoms with van der Waals surface area (Å²) in [6, 6.07) is 0. The summed E-state index contributed by atoms with van der Waals surface area (Å²) < 4.78 is 68.4. The number of phosphoric ester groups is 2. The molecule has 0 aromatic heterocycles. The van der Waals surface area contributed by atoms with E-state index in [-0.39, 0.29) is 25.7 Å². The molecule has 19 heteroatoms. The molecular formula is C74H144O17P2. The first-order valence-electron chi connectivity index (χ1n) is 38.2. The lowest BCUT2D eigenvalue weighted by atomic mass is 10.00. The van der Waals surface area contributed by atoms with E-state index in [1.54, 1.807) is 0 Å². The minimum Gasteiger partial charge on any atom is -0.462 e. The van der Waals surface area contributed by atoms with Gasteiger partial charge in [-0.3, -0.25) is 37.3 Å². The smallest absolute Gasteiger partial charge is 0.462 e. The molecule has 17 nitrogen and oxygen atoms in total. The van der Waals surface area contributed by atoms with Gasteiger partial charge in [-0.2, -0.15) is 0 Å². The third kappa shape index (κ3) is 67.0. The van der Waals surface area contributed by atoms with E-state index in [0.717, 1.165) is 120 Å². The molecular weight excluding hydrogens is 1220 g/mol. The van der Waals surface area contributed by atoms with Crippen LogP contribution in [0.5, 0.6) is 0 Å². The third-order valence-electron chi connectivity index (χ3n) is 17.4. The van der Waals surface area contributed by atoms with E-state index in [1.165, 1.54) is 161 Å². The van der Waals surface area contributed by atoms with Crippen LogP contribution >= 0.6 is 15.6 Å². The number of aliphatic hydroxyl groups is 1. The largest absolute Gasteiger partial charge is 0.472 e. The summed E-state index contributed by atoms with van der Waals surface area (Å²) in [7, 11) is -9.91. The van der Waals surface area contributed by atoms with Crippen molar-refractivity contribution in [2.75, 3.05) is 39.6 Å². The second-order valence-corrected chi connectivity index (χ2v) is 31.3. The fraction of sp³-hybridized carbons (Fsp3) is 0.946. The lowest BCUT2D eigenvalue weighted by Crippen LogP contribution is -2.30. The summed E-state index contributed by atoms with van der Waals surface area (Å²) >= 11 is 0. The molecule has 93 heavy (non-hydrogen) atoms. The van der Waals surface area contributed by atoms with Crippen molar-refractivity contribution in [1.29, 1.82) is 0 Å². The van der Waals surface area contributed by atoms with E-state index >= 15 is 0 Å². The van der Waals surface area contributed by atoms with Gasteiger partial charge in [0.05, 0.1) is 26.4 Å². The predicted octanol–water partition coefficient (Wildman–Crippen LogP) is 21.3. The number of carbonyl (C=O) groups excluding carboxylic acids is 4. The van der Waals surface area contributed by atoms with Crippen LogP contribution in [0.1, 0.15) is 370 Å². The summed E-state index contributed by atoms with van der Waals surface area (Å²) in [6.45, 7) is 14.1. The first-order valence-corrected chi connectivity index (χ1v) is 41.2. The Morgan fingerprint density at radius 3 is 0.763 bits per heavy atom. The Bertz CT molecular complexity index is 1840. The van der Waals surface area contributed by atoms with Crippen LogP contribution in [0.4, 0.5) is 0 Å². The van der Waals surface area contributed by atoms with Crippen LogP contribution in [-0.4, -0.2) is 96.7 Å². The molecule has 0 fully saturated rings. The summed E-state index contributed by atoms with van der Waals surface area (Å²) in [5.74, 6) is 0.890. The maximum atomic E-state index is 13.0. The van der Waals surface area contributed by atoms with Crippen LogP contribution in [-0.2, 0) is 65.4 Å². The Hall–Kier alpha value is -1.94. The molecule has 552 valence electrons. The monoisotopic (exact) mass is 1370 g/mol. The number of hydrogen-bond acceptors (Lipinski definition) is 15. The zero-order chi connectivity index (χ0) is 68.9. The van der Waals surface area contributed by atoms with Crippen LogP contribution in [0.25, 0.3) is 0 Å². The number of phosphoric acid groups is 2. The van der Waals surface area contributed by atoms with Crippen LogP contribution in [0.2, 0.25) is 0 Å². The number of unbranched alkanes of at least 4 members (excludes halogenated alkanes) is 36. The second-order valence-electron chi connectivity index (χ2n) is 28.4. The molecule has 0 radical (unpaired) electrons. The fourth-order valence-electron chi connectivity index (χ4n) is 11.2. The molecule has 0 saturated heterocycles. The molecule has 0 spiro atoms. The van der Waals surface area contributed by atoms with Gasteiger partial charge in [-0.15, -0.1) is 0 Å². The van der Waals surface area contributed by atoms with Gasteiger partial charge in [0.25, 0.3) is 0 Å². The number of esters is 4. The molecule has 0 aliphatic rings. The van der Waals surface area contributed by atoms with E-state index in [9.17, 15) is 43.2 Å². The van der Waals surface area contributed by atoms with Gasteiger partial charge < -0.3 is 33.8 Å². The average molecular weight is 1370 g/mol. The third-order valence-corrected chi connectivity index (χ3v) is 19.3. The maximum Gasteiger partial charge on any atom is 0.472 e. The average Bonchev–Trinajstić information content (AvgIpc) is 1.88. The van der Waals surface area contributed by atoms with Gasteiger partial charge >= 0.3 is 39.5 Å². The standard InChI is InChI=1S/C74H144O17P2/c1-9-67(8)53-45-37-32-33-39-47-55-72(77)85-61-70(91-74(79)56-48-40-29-23-19-14-12-10-11-13-17-21-26-34-42-50-64(2)3)63-89-93(82,83)87-59-68(75)58-86-92(80,81)88-62-69(60-84-71(76)54-46-38-31-25-28-36-44-52-66(6)7)90-73(78)57-49-41-30-24-20-16-15-18-22-27-35-43-51-65(4)5/h64-70,75H,9-63H2,1-8H3,(H,80,81)(H,82,83)/t67?,68-,69-,70-/m1/s1. The second kappa shape index (κ2) is 63.5. The quantitative estimate of drug-likeness (QED) is 0.0222. The van der Waals surface area contributed by atoms with Crippen molar-refractivity contribution in [3.8, 4) is 0 Å². The van der Waals surface area contributed by atoms with Crippen LogP contribution in [0.15, 0.2) is 0 Å². The zero-order valence-electron chi connectivity index (χ0n) is 60.9. The molecule has 3 N–H and O–H groups in total. The van der Waals surface area contributed by atoms with Crippen LogP contribution in [0, 0.1) is 23.7 Å². The van der Waals surface area contributed by atoms with E-state index in [2.05, 4.69) is 55.4 Å². The molecule has 0 rings (SSSR count). The van der Waals surface area contributed by atoms with E-state index in [0.29, 0.717) is 31.6 Å². The molecule has 0 saturated carbocycles. The normalized spacial score (nSPS) is 14.5. The highest BCUT2D eigenvalue weighted by Gasteiger charge is 2.30. The molecule has 0 aliphatic carbocycles. The summed E-state index contributed by atoms with van der Waals surface area (Å²) in [6.07, 6.45) is 47.3. The summed E-state index contributed by atoms with van der Waals surface area (Å²) in [4.78, 5) is 72.7. The molecule has 0 aliphatic heterocycles. The van der Waals surface area contributed by atoms with Gasteiger partial charge in [-0.25, -0.2) is 9.13 Å². The van der Waals surface area contributed by atoms with E-state index < -0.39 is 97.5 Å². The lowest BCUT2D eigenvalue weighted by Gasteiger charge is -2.21. The first kappa shape index (κ1) is 91.1. The minimum atomic E-state index is -4.96. The predicted molar refractivity (Wildman–Crippen MR) is 377 cm³/mol. The van der Waals surface area contributed by atoms with Crippen molar-refractivity contribution in [3.05, 3.63) is 0 Å². The number of rotatable bonds is 71. The van der Waals surface area contributed by atoms with Crippen LogP contribution in [0.3, 0.4) is 0 Å². The van der Waals surface area contributed by atoms with Gasteiger partial charge in [-0.1, -0.05) is 319 Å². The Kier molecular flexibility index (Phi) is 62.2. The number of ether oxygens (including phenoxy) is 4. The van der Waals surface area contributed by atoms with Crippen LogP contribution < -0.4 is 0 Å². The molecule has 0 aromatic rings. The van der Waals surface area contributed by atoms with Crippen molar-refractivity contribution in [2.45, 2.75) is 388 Å². The molecule has 6 atom stereocenters. The first-order chi connectivity index (χ1) is 44.6. The van der Waals surface area contributed by atoms with Gasteiger partial charge in [-0.05, 0) is 49.4 Å². The van der Waals surface area contributed by atoms with Crippen molar-refractivity contribution >= 4 is 39.5 Å².